The summed E-state index contributed by atoms with van der Waals surface area (Å²) in [5.41, 5.74) is 14.3. The van der Waals surface area contributed by atoms with E-state index in [1.807, 2.05) is 18.2 Å². The molecule has 0 spiro atoms. The molecule has 1 aliphatic carbocycles. The zero-order valence-corrected chi connectivity index (χ0v) is 10.9. The number of hydrogen-bond donors (Lipinski definition) is 3. The average Bonchev–Trinajstić information content (AvgIpc) is 2.76. The van der Waals surface area contributed by atoms with E-state index in [1.165, 1.54) is 5.56 Å². The Morgan fingerprint density at radius 3 is 2.85 bits per heavy atom. The number of aromatic nitrogens is 1. The summed E-state index contributed by atoms with van der Waals surface area (Å²) in [6, 6.07) is 11.4. The summed E-state index contributed by atoms with van der Waals surface area (Å²) in [4.78, 5) is 15.6. The highest BCUT2D eigenvalue weighted by Gasteiger charge is 2.30. The molecule has 0 saturated heterocycles. The average molecular weight is 268 g/mol. The van der Waals surface area contributed by atoms with Crippen LogP contribution in [0.1, 0.15) is 27.5 Å². The third-order valence-corrected chi connectivity index (χ3v) is 3.64. The molecule has 102 valence electrons. The summed E-state index contributed by atoms with van der Waals surface area (Å²) in [5.74, 6) is -0.0161. The first-order chi connectivity index (χ1) is 9.66. The molecule has 2 atom stereocenters. The largest absolute Gasteiger partial charge is 0.365 e. The molecule has 3 rings (SSSR count). The Morgan fingerprint density at radius 2 is 2.05 bits per heavy atom. The minimum absolute atomic E-state index is 0.0462. The van der Waals surface area contributed by atoms with Crippen LogP contribution in [0.4, 0.5) is 5.82 Å². The van der Waals surface area contributed by atoms with Crippen molar-refractivity contribution in [3.8, 4) is 0 Å². The lowest BCUT2D eigenvalue weighted by Crippen LogP contribution is -2.31. The van der Waals surface area contributed by atoms with Crippen molar-refractivity contribution in [2.24, 2.45) is 11.5 Å². The fraction of sp³-hybridized carbons (Fsp3) is 0.200. The number of primary amides is 1. The van der Waals surface area contributed by atoms with Crippen LogP contribution in [0.5, 0.6) is 0 Å². The lowest BCUT2D eigenvalue weighted by atomic mass is 10.1. The quantitative estimate of drug-likeness (QED) is 0.780. The molecular formula is C15H16N4O. The predicted octanol–water partition coefficient (Wildman–Crippen LogP) is 1.22. The zero-order valence-electron chi connectivity index (χ0n) is 10.9. The molecule has 1 amide bonds. The molecule has 1 aliphatic rings. The van der Waals surface area contributed by atoms with Crippen molar-refractivity contribution in [2.75, 3.05) is 5.32 Å². The van der Waals surface area contributed by atoms with E-state index in [9.17, 15) is 4.79 Å². The van der Waals surface area contributed by atoms with Crippen LogP contribution < -0.4 is 16.8 Å². The van der Waals surface area contributed by atoms with E-state index < -0.39 is 5.91 Å². The van der Waals surface area contributed by atoms with Crippen molar-refractivity contribution in [3.63, 3.8) is 0 Å². The first-order valence-electron chi connectivity index (χ1n) is 6.51. The number of benzene rings is 1. The van der Waals surface area contributed by atoms with E-state index in [-0.39, 0.29) is 12.1 Å². The van der Waals surface area contributed by atoms with Gasteiger partial charge in [0.05, 0.1) is 11.6 Å². The molecule has 1 heterocycles. The van der Waals surface area contributed by atoms with Crippen molar-refractivity contribution in [1.82, 2.24) is 4.98 Å². The number of nitrogens with one attached hydrogen (secondary N) is 1. The van der Waals surface area contributed by atoms with Crippen LogP contribution in [0, 0.1) is 0 Å². The van der Waals surface area contributed by atoms with Gasteiger partial charge in [-0.3, -0.25) is 4.79 Å². The normalized spacial score (nSPS) is 20.4. The van der Waals surface area contributed by atoms with Gasteiger partial charge in [-0.15, -0.1) is 0 Å². The van der Waals surface area contributed by atoms with Crippen LogP contribution in [0.2, 0.25) is 0 Å². The van der Waals surface area contributed by atoms with Crippen LogP contribution in [-0.4, -0.2) is 16.9 Å². The van der Waals surface area contributed by atoms with Gasteiger partial charge >= 0.3 is 0 Å². The van der Waals surface area contributed by atoms with Gasteiger partial charge in [0.2, 0.25) is 0 Å². The van der Waals surface area contributed by atoms with E-state index in [1.54, 1.807) is 18.3 Å². The number of carbonyl (C=O) groups is 1. The summed E-state index contributed by atoms with van der Waals surface area (Å²) in [5, 5.41) is 3.26. The monoisotopic (exact) mass is 268 g/mol. The molecule has 5 nitrogen and oxygen atoms in total. The van der Waals surface area contributed by atoms with E-state index >= 15 is 0 Å². The van der Waals surface area contributed by atoms with Crippen molar-refractivity contribution in [2.45, 2.75) is 18.5 Å². The standard InChI is InChI=1S/C15H16N4O/c16-12-8-9-4-1-2-5-10(9)13(12)19-15-11(14(17)20)6-3-7-18-15/h1-7,12-13H,8,16H2,(H2,17,20)(H,18,19). The molecule has 0 fully saturated rings. The lowest BCUT2D eigenvalue weighted by Gasteiger charge is -2.20. The number of nitrogens with two attached hydrogens (primary N) is 2. The number of carbonyl (C=O) groups excluding carboxylic acids is 1. The number of anilines is 1. The van der Waals surface area contributed by atoms with Gasteiger partial charge in [0, 0.05) is 12.2 Å². The number of pyridine rings is 1. The van der Waals surface area contributed by atoms with Gasteiger partial charge in [-0.25, -0.2) is 4.98 Å². The Kier molecular flexibility index (Phi) is 3.12. The fourth-order valence-electron chi connectivity index (χ4n) is 2.68. The Bertz CT molecular complexity index is 656. The molecule has 2 aromatic rings. The molecule has 1 aromatic heterocycles. The second kappa shape index (κ2) is 4.94. The molecule has 0 radical (unpaired) electrons. The smallest absolute Gasteiger partial charge is 0.252 e. The maximum Gasteiger partial charge on any atom is 0.252 e. The van der Waals surface area contributed by atoms with Crippen LogP contribution in [0.15, 0.2) is 42.6 Å². The van der Waals surface area contributed by atoms with Gasteiger partial charge in [0.1, 0.15) is 5.82 Å². The van der Waals surface area contributed by atoms with Crippen LogP contribution in [0.3, 0.4) is 0 Å². The van der Waals surface area contributed by atoms with Gasteiger partial charge in [-0.05, 0) is 29.7 Å². The van der Waals surface area contributed by atoms with Crippen molar-refractivity contribution < 1.29 is 4.79 Å². The number of fused-ring (bicyclic) bond motifs is 1. The number of amides is 1. The van der Waals surface area contributed by atoms with Crippen LogP contribution >= 0.6 is 0 Å². The third kappa shape index (κ3) is 2.12. The maximum atomic E-state index is 11.4. The highest BCUT2D eigenvalue weighted by Crippen LogP contribution is 2.33. The molecule has 0 aliphatic heterocycles. The van der Waals surface area contributed by atoms with E-state index in [4.69, 9.17) is 11.5 Å². The van der Waals surface area contributed by atoms with Gasteiger partial charge in [0.15, 0.2) is 0 Å². The van der Waals surface area contributed by atoms with E-state index in [0.717, 1.165) is 12.0 Å². The van der Waals surface area contributed by atoms with E-state index in [0.29, 0.717) is 11.4 Å². The molecule has 20 heavy (non-hydrogen) atoms. The number of rotatable bonds is 3. The number of nitrogens with zero attached hydrogens (tertiary/aromatic N) is 1. The summed E-state index contributed by atoms with van der Waals surface area (Å²) in [6.45, 7) is 0. The van der Waals surface area contributed by atoms with E-state index in [2.05, 4.69) is 16.4 Å². The Labute approximate surface area is 117 Å². The van der Waals surface area contributed by atoms with Crippen LogP contribution in [0.25, 0.3) is 0 Å². The Morgan fingerprint density at radius 1 is 1.25 bits per heavy atom. The molecule has 2 unspecified atom stereocenters. The first kappa shape index (κ1) is 12.6. The highest BCUT2D eigenvalue weighted by atomic mass is 16.1. The van der Waals surface area contributed by atoms with Crippen molar-refractivity contribution in [3.05, 3.63) is 59.3 Å². The van der Waals surface area contributed by atoms with Crippen LogP contribution in [-0.2, 0) is 6.42 Å². The van der Waals surface area contributed by atoms with Gasteiger partial charge < -0.3 is 16.8 Å². The minimum Gasteiger partial charge on any atom is -0.365 e. The summed E-state index contributed by atoms with van der Waals surface area (Å²) in [6.07, 6.45) is 2.44. The highest BCUT2D eigenvalue weighted by molar-refractivity contribution is 5.97. The summed E-state index contributed by atoms with van der Waals surface area (Å²) >= 11 is 0. The third-order valence-electron chi connectivity index (χ3n) is 3.64. The first-order valence-corrected chi connectivity index (χ1v) is 6.51. The van der Waals surface area contributed by atoms with Crippen molar-refractivity contribution >= 4 is 11.7 Å². The van der Waals surface area contributed by atoms with Gasteiger partial charge in [-0.2, -0.15) is 0 Å². The molecule has 0 bridgehead atoms. The Hall–Kier alpha value is -2.40. The minimum atomic E-state index is -0.500. The van der Waals surface area contributed by atoms with Gasteiger partial charge in [0.25, 0.3) is 5.91 Å². The lowest BCUT2D eigenvalue weighted by molar-refractivity contribution is 0.100. The fourth-order valence-corrected chi connectivity index (χ4v) is 2.68. The zero-order chi connectivity index (χ0) is 14.1. The molecule has 1 aromatic carbocycles. The molecule has 0 saturated carbocycles. The number of hydrogen-bond acceptors (Lipinski definition) is 4. The molecule has 5 heteroatoms. The SMILES string of the molecule is NC(=O)c1cccnc1NC1c2ccccc2CC1N. The van der Waals surface area contributed by atoms with Gasteiger partial charge in [-0.1, -0.05) is 24.3 Å². The molecule has 5 N–H and O–H groups in total. The summed E-state index contributed by atoms with van der Waals surface area (Å²) in [7, 11) is 0. The maximum absolute atomic E-state index is 11.4. The van der Waals surface area contributed by atoms with Crippen molar-refractivity contribution in [1.29, 1.82) is 0 Å². The second-order valence-electron chi connectivity index (χ2n) is 4.95. The summed E-state index contributed by atoms with van der Waals surface area (Å²) < 4.78 is 0. The molecular weight excluding hydrogens is 252 g/mol. The second-order valence-corrected chi connectivity index (χ2v) is 4.95. The predicted molar refractivity (Wildman–Crippen MR) is 77.2 cm³/mol. The Balaban J connectivity index is 1.94. The topological polar surface area (TPSA) is 94.0 Å².